The van der Waals surface area contributed by atoms with E-state index < -0.39 is 40.6 Å². The molecule has 6 aromatic carbocycles. The number of carbonyl (C=O) groups is 3. The Morgan fingerprint density at radius 2 is 1.11 bits per heavy atom. The molecule has 5 N–H and O–H groups in total. The van der Waals surface area contributed by atoms with Crippen LogP contribution >= 0.6 is 0 Å². The number of carboxylic acids is 1. The molecule has 0 unspecified atom stereocenters. The van der Waals surface area contributed by atoms with Gasteiger partial charge in [-0.05, 0) is 89.7 Å². The highest BCUT2D eigenvalue weighted by Crippen LogP contribution is 2.48. The van der Waals surface area contributed by atoms with Crippen molar-refractivity contribution in [3.63, 3.8) is 0 Å². The van der Waals surface area contributed by atoms with Crippen molar-refractivity contribution >= 4 is 62.9 Å². The number of ether oxygens (including phenoxy) is 1. The van der Waals surface area contributed by atoms with Crippen LogP contribution in [0.4, 0.5) is 36.4 Å². The first-order valence-corrected chi connectivity index (χ1v) is 19.8. The summed E-state index contributed by atoms with van der Waals surface area (Å²) in [5.41, 5.74) is 4.96. The predicted molar refractivity (Wildman–Crippen MR) is 230 cm³/mol. The zero-order valence-electron chi connectivity index (χ0n) is 33.0. The van der Waals surface area contributed by atoms with E-state index in [0.29, 0.717) is 23.6 Å². The number of aliphatic carboxylic acids is 1. The van der Waals surface area contributed by atoms with Crippen LogP contribution < -0.4 is 15.4 Å². The van der Waals surface area contributed by atoms with Gasteiger partial charge < -0.3 is 30.4 Å². The number of hydrogen-bond acceptors (Lipinski definition) is 8. The Kier molecular flexibility index (Phi) is 10.1. The summed E-state index contributed by atoms with van der Waals surface area (Å²) >= 11 is 0. The second kappa shape index (κ2) is 15.7. The molecule has 1 aliphatic carbocycles. The van der Waals surface area contributed by atoms with Crippen LogP contribution in [0, 0.1) is 11.3 Å². The van der Waals surface area contributed by atoms with Crippen molar-refractivity contribution < 1.29 is 37.4 Å². The molecular formula is C48H37F3N6O5. The van der Waals surface area contributed by atoms with E-state index in [-0.39, 0.29) is 35.4 Å². The van der Waals surface area contributed by atoms with E-state index in [2.05, 4.69) is 30.6 Å². The number of fused-ring (bicyclic) bond motifs is 2. The summed E-state index contributed by atoms with van der Waals surface area (Å²) in [5.74, 6) is -1.83. The summed E-state index contributed by atoms with van der Waals surface area (Å²) < 4.78 is 44.8. The van der Waals surface area contributed by atoms with Crippen LogP contribution in [0.3, 0.4) is 0 Å². The zero-order chi connectivity index (χ0) is 43.2. The molecule has 0 aliphatic heterocycles. The number of carboxylic acid groups (broad SMARTS) is 1. The van der Waals surface area contributed by atoms with Gasteiger partial charge in [0, 0.05) is 28.6 Å². The van der Waals surface area contributed by atoms with Crippen molar-refractivity contribution in [2.45, 2.75) is 25.4 Å². The number of benzene rings is 6. The van der Waals surface area contributed by atoms with Crippen LogP contribution in [-0.2, 0) is 11.0 Å². The summed E-state index contributed by atoms with van der Waals surface area (Å²) in [4.78, 5) is 56.6. The van der Waals surface area contributed by atoms with Gasteiger partial charge in [-0.25, -0.2) is 9.97 Å². The fourth-order valence-corrected chi connectivity index (χ4v) is 8.32. The minimum Gasteiger partial charge on any atom is -0.497 e. The topological polar surface area (TPSA) is 162 Å². The van der Waals surface area contributed by atoms with Gasteiger partial charge in [0.25, 0.3) is 0 Å². The SMILES string of the molecule is COc1ccc2nc(Nc3ccc(-c4ccc(C(=O)[C@@]5(C(=O)c6ccc(-c7ccc(Nc8nc9ccc(C(F)(F)F)cc9[nH]8)cc7)cc6)CCC[C@H]5C(=O)O)cc4)cc3)[nH]c2c1. The van der Waals surface area contributed by atoms with Crippen molar-refractivity contribution in [3.05, 3.63) is 150 Å². The molecule has 9 rings (SSSR count). The Morgan fingerprint density at radius 3 is 1.56 bits per heavy atom. The zero-order valence-corrected chi connectivity index (χ0v) is 33.0. The molecule has 62 heavy (non-hydrogen) atoms. The molecule has 2 atom stereocenters. The smallest absolute Gasteiger partial charge is 0.416 e. The fourth-order valence-electron chi connectivity index (χ4n) is 8.32. The highest BCUT2D eigenvalue weighted by atomic mass is 19.4. The normalized spacial score (nSPS) is 16.4. The van der Waals surface area contributed by atoms with E-state index in [9.17, 15) is 32.7 Å². The average Bonchev–Trinajstić information content (AvgIpc) is 4.03. The predicted octanol–water partition coefficient (Wildman–Crippen LogP) is 11.2. The number of imidazole rings is 2. The summed E-state index contributed by atoms with van der Waals surface area (Å²) in [5, 5.41) is 16.7. The van der Waals surface area contributed by atoms with E-state index >= 15 is 0 Å². The van der Waals surface area contributed by atoms with Gasteiger partial charge in [-0.1, -0.05) is 79.2 Å². The quantitative estimate of drug-likeness (QED) is 0.0596. The van der Waals surface area contributed by atoms with E-state index in [1.165, 1.54) is 6.07 Å². The van der Waals surface area contributed by atoms with E-state index in [0.717, 1.165) is 56.9 Å². The number of nitrogens with one attached hydrogen (secondary N) is 4. The molecular weight excluding hydrogens is 798 g/mol. The average molecular weight is 835 g/mol. The number of carbonyl (C=O) groups excluding carboxylic acids is 2. The van der Waals surface area contributed by atoms with Gasteiger partial charge in [0.05, 0.1) is 40.7 Å². The lowest BCUT2D eigenvalue weighted by molar-refractivity contribution is -0.143. The molecule has 8 aromatic rings. The summed E-state index contributed by atoms with van der Waals surface area (Å²) in [6, 6.07) is 37.5. The highest BCUT2D eigenvalue weighted by Gasteiger charge is 2.57. The van der Waals surface area contributed by atoms with Gasteiger partial charge in [-0.15, -0.1) is 0 Å². The molecule has 0 spiro atoms. The van der Waals surface area contributed by atoms with E-state index in [4.69, 9.17) is 4.74 Å². The molecule has 0 radical (unpaired) electrons. The lowest BCUT2D eigenvalue weighted by Crippen LogP contribution is -2.45. The van der Waals surface area contributed by atoms with Gasteiger partial charge in [-0.3, -0.25) is 14.4 Å². The third kappa shape index (κ3) is 7.51. The molecule has 14 heteroatoms. The molecule has 1 saturated carbocycles. The largest absolute Gasteiger partial charge is 0.497 e. The first-order valence-electron chi connectivity index (χ1n) is 19.8. The number of ketones is 2. The lowest BCUT2D eigenvalue weighted by Gasteiger charge is -2.31. The van der Waals surface area contributed by atoms with Crippen LogP contribution in [0.25, 0.3) is 44.3 Å². The number of Topliss-reactive ketones (excluding diaryl/α,β-unsaturated/α-hetero) is 2. The third-order valence-electron chi connectivity index (χ3n) is 11.5. The third-order valence-corrected chi connectivity index (χ3v) is 11.5. The van der Waals surface area contributed by atoms with Gasteiger partial charge in [-0.2, -0.15) is 13.2 Å². The second-order valence-corrected chi connectivity index (χ2v) is 15.3. The van der Waals surface area contributed by atoms with E-state index in [1.54, 1.807) is 67.8 Å². The summed E-state index contributed by atoms with van der Waals surface area (Å²) in [7, 11) is 1.61. The molecule has 1 aliphatic rings. The monoisotopic (exact) mass is 834 g/mol. The Balaban J connectivity index is 0.893. The molecule has 2 aromatic heterocycles. The molecule has 0 saturated heterocycles. The van der Waals surface area contributed by atoms with Gasteiger partial charge >= 0.3 is 12.1 Å². The van der Waals surface area contributed by atoms with Crippen LogP contribution in [-0.4, -0.2) is 49.7 Å². The standard InChI is InChI=1S/C48H37F3N6O5/c1-62-36-21-23-39-41(26-36)57-46(55-39)53-35-19-14-30(15-20-35)28-6-10-32(11-7-28)43(59)47(24-2-3-37(47)44(60)61)42(58)31-8-4-27(5-9-31)29-12-17-34(18-13-29)52-45-54-38-22-16-33(48(49,50)51)25-40(38)56-45/h4-23,25-26,37H,2-3,24H2,1H3,(H,60,61)(H2,52,54,56)(H2,53,55,57)/t37-,47-/m0/s1. The summed E-state index contributed by atoms with van der Waals surface area (Å²) in [6.07, 6.45) is -3.74. The molecule has 1 fully saturated rings. The number of H-pyrrole nitrogens is 2. The van der Waals surface area contributed by atoms with Crippen molar-refractivity contribution in [3.8, 4) is 28.0 Å². The van der Waals surface area contributed by atoms with Crippen molar-refractivity contribution in [2.24, 2.45) is 11.3 Å². The van der Waals surface area contributed by atoms with E-state index in [1.807, 2.05) is 54.6 Å². The molecule has 11 nitrogen and oxygen atoms in total. The first-order chi connectivity index (χ1) is 29.9. The maximum Gasteiger partial charge on any atom is 0.416 e. The first kappa shape index (κ1) is 39.7. The fraction of sp³-hybridized carbons (Fsp3) is 0.146. The second-order valence-electron chi connectivity index (χ2n) is 15.3. The van der Waals surface area contributed by atoms with Gasteiger partial charge in [0.15, 0.2) is 11.6 Å². The number of alkyl halides is 3. The highest BCUT2D eigenvalue weighted by molar-refractivity contribution is 6.22. The summed E-state index contributed by atoms with van der Waals surface area (Å²) in [6.45, 7) is 0. The molecule has 0 amide bonds. The minimum absolute atomic E-state index is 0.113. The number of rotatable bonds is 12. The number of aromatic amines is 2. The lowest BCUT2D eigenvalue weighted by atomic mass is 9.67. The Morgan fingerprint density at radius 1 is 0.661 bits per heavy atom. The number of aromatic nitrogens is 4. The van der Waals surface area contributed by atoms with Crippen LogP contribution in [0.5, 0.6) is 5.75 Å². The Hall–Kier alpha value is -7.74. The van der Waals surface area contributed by atoms with Gasteiger partial charge in [0.2, 0.25) is 11.9 Å². The maximum atomic E-state index is 14.5. The Bertz CT molecular complexity index is 2980. The van der Waals surface area contributed by atoms with Crippen molar-refractivity contribution in [1.82, 2.24) is 19.9 Å². The van der Waals surface area contributed by atoms with Crippen molar-refractivity contribution in [1.29, 1.82) is 0 Å². The molecule has 0 bridgehead atoms. The number of halogens is 3. The molecule has 2 heterocycles. The number of anilines is 4. The molecule has 310 valence electrons. The number of hydrogen-bond donors (Lipinski definition) is 5. The van der Waals surface area contributed by atoms with Crippen LogP contribution in [0.2, 0.25) is 0 Å². The number of nitrogens with zero attached hydrogens (tertiary/aromatic N) is 2. The number of methoxy groups -OCH3 is 1. The Labute approximate surface area is 352 Å². The minimum atomic E-state index is -4.47. The van der Waals surface area contributed by atoms with Crippen molar-refractivity contribution in [2.75, 3.05) is 17.7 Å². The van der Waals surface area contributed by atoms with Gasteiger partial charge in [0.1, 0.15) is 11.2 Å². The van der Waals surface area contributed by atoms with Crippen LogP contribution in [0.15, 0.2) is 133 Å². The van der Waals surface area contributed by atoms with Crippen LogP contribution in [0.1, 0.15) is 45.5 Å². The maximum absolute atomic E-state index is 14.5.